The lowest BCUT2D eigenvalue weighted by Gasteiger charge is -2.19. The average Bonchev–Trinajstić information content (AvgIpc) is 2.35. The highest BCUT2D eigenvalue weighted by Crippen LogP contribution is 2.08. The molecule has 0 atom stereocenters. The molecule has 0 saturated carbocycles. The van der Waals surface area contributed by atoms with Crippen molar-refractivity contribution in [2.45, 2.75) is 13.8 Å². The fourth-order valence-electron chi connectivity index (χ4n) is 1.62. The summed E-state index contributed by atoms with van der Waals surface area (Å²) in [7, 11) is 1.75. The van der Waals surface area contributed by atoms with Crippen LogP contribution in [0.1, 0.15) is 29.9 Å². The molecule has 0 unspecified atom stereocenters. The van der Waals surface area contributed by atoms with Crippen molar-refractivity contribution < 1.29 is 9.90 Å². The first-order chi connectivity index (χ1) is 8.56. The van der Waals surface area contributed by atoms with Crippen LogP contribution in [0.3, 0.4) is 0 Å². The van der Waals surface area contributed by atoms with Gasteiger partial charge in [0.2, 0.25) is 0 Å². The Bertz CT molecular complexity index is 472. The van der Waals surface area contributed by atoms with E-state index in [1.165, 1.54) is 0 Å². The monoisotopic (exact) mass is 246 g/mol. The first-order valence-corrected chi connectivity index (χ1v) is 5.86. The number of hydrogen-bond donors (Lipinski definition) is 1. The van der Waals surface area contributed by atoms with Gasteiger partial charge in [0.25, 0.3) is 5.91 Å². The molecule has 4 heteroatoms. The zero-order valence-corrected chi connectivity index (χ0v) is 11.0. The quantitative estimate of drug-likeness (QED) is 0.814. The van der Waals surface area contributed by atoms with Gasteiger partial charge in [-0.15, -0.1) is 0 Å². The number of nitrogens with zero attached hydrogens (tertiary/aromatic N) is 2. The van der Waals surface area contributed by atoms with E-state index in [0.29, 0.717) is 23.7 Å². The molecule has 0 saturated heterocycles. The lowest BCUT2D eigenvalue weighted by Crippen LogP contribution is -2.31. The third-order valence-corrected chi connectivity index (χ3v) is 2.30. The highest BCUT2D eigenvalue weighted by molar-refractivity contribution is 5.94. The molecule has 0 aliphatic heterocycles. The third kappa shape index (κ3) is 3.86. The van der Waals surface area contributed by atoms with Crippen molar-refractivity contribution in [3.05, 3.63) is 29.6 Å². The molecule has 1 aromatic heterocycles. The van der Waals surface area contributed by atoms with E-state index in [0.717, 1.165) is 0 Å². The minimum absolute atomic E-state index is 0.147. The highest BCUT2D eigenvalue weighted by Gasteiger charge is 2.16. The van der Waals surface area contributed by atoms with E-state index in [2.05, 4.69) is 30.7 Å². The van der Waals surface area contributed by atoms with E-state index >= 15 is 0 Å². The van der Waals surface area contributed by atoms with Gasteiger partial charge in [-0.2, -0.15) is 0 Å². The Hall–Kier alpha value is -1.86. The van der Waals surface area contributed by atoms with Crippen molar-refractivity contribution in [1.82, 2.24) is 9.88 Å². The molecule has 1 N–H and O–H groups in total. The second-order valence-corrected chi connectivity index (χ2v) is 4.44. The summed E-state index contributed by atoms with van der Waals surface area (Å²) in [5, 5.41) is 8.70. The topological polar surface area (TPSA) is 53.4 Å². The second-order valence-electron chi connectivity index (χ2n) is 4.44. The van der Waals surface area contributed by atoms with Crippen LogP contribution >= 0.6 is 0 Å². The largest absolute Gasteiger partial charge is 0.384 e. The summed E-state index contributed by atoms with van der Waals surface area (Å²) in [6, 6.07) is 3.45. The minimum Gasteiger partial charge on any atom is -0.384 e. The number of aliphatic hydroxyl groups excluding tert-OH is 1. The van der Waals surface area contributed by atoms with E-state index < -0.39 is 0 Å². The van der Waals surface area contributed by atoms with Crippen molar-refractivity contribution in [2.24, 2.45) is 5.92 Å². The molecule has 0 aliphatic carbocycles. The second kappa shape index (κ2) is 6.77. The van der Waals surface area contributed by atoms with Gasteiger partial charge < -0.3 is 10.0 Å². The van der Waals surface area contributed by atoms with Crippen LogP contribution in [0.25, 0.3) is 0 Å². The molecule has 1 amide bonds. The molecular formula is C14H18N2O2. The SMILES string of the molecule is CC(C)CN(C)C(=O)c1ncccc1C#CCO. The minimum atomic E-state index is -0.232. The van der Waals surface area contributed by atoms with Crippen molar-refractivity contribution in [3.8, 4) is 11.8 Å². The average molecular weight is 246 g/mol. The van der Waals surface area contributed by atoms with E-state index in [1.54, 1.807) is 30.3 Å². The fourth-order valence-corrected chi connectivity index (χ4v) is 1.62. The molecule has 96 valence electrons. The molecule has 0 aliphatic rings. The Morgan fingerprint density at radius 2 is 2.28 bits per heavy atom. The van der Waals surface area contributed by atoms with Gasteiger partial charge in [-0.1, -0.05) is 25.7 Å². The number of aromatic nitrogens is 1. The summed E-state index contributed by atoms with van der Waals surface area (Å²) < 4.78 is 0. The molecule has 1 heterocycles. The van der Waals surface area contributed by atoms with Gasteiger partial charge >= 0.3 is 0 Å². The van der Waals surface area contributed by atoms with Crippen molar-refractivity contribution in [2.75, 3.05) is 20.2 Å². The maximum absolute atomic E-state index is 12.2. The number of amides is 1. The van der Waals surface area contributed by atoms with Gasteiger partial charge in [0.1, 0.15) is 12.3 Å². The molecule has 0 bridgehead atoms. The van der Waals surface area contributed by atoms with Gasteiger partial charge in [0.05, 0.1) is 5.56 Å². The molecule has 0 aromatic carbocycles. The molecule has 0 radical (unpaired) electrons. The Labute approximate surface area is 108 Å². The van der Waals surface area contributed by atoms with Crippen LogP contribution in [-0.2, 0) is 0 Å². The first kappa shape index (κ1) is 14.2. The fraction of sp³-hybridized carbons (Fsp3) is 0.429. The standard InChI is InChI=1S/C14H18N2O2/c1-11(2)10-16(3)14(18)13-12(7-5-9-17)6-4-8-15-13/h4,6,8,11,17H,9-10H2,1-3H3. The first-order valence-electron chi connectivity index (χ1n) is 5.86. The molecular weight excluding hydrogens is 228 g/mol. The van der Waals surface area contributed by atoms with Crippen LogP contribution in [-0.4, -0.2) is 41.1 Å². The maximum Gasteiger partial charge on any atom is 0.273 e. The highest BCUT2D eigenvalue weighted by atomic mass is 16.2. The van der Waals surface area contributed by atoms with E-state index in [9.17, 15) is 4.79 Å². The predicted octanol–water partition coefficient (Wildman–Crippen LogP) is 1.15. The number of hydrogen-bond acceptors (Lipinski definition) is 3. The molecule has 1 rings (SSSR count). The summed E-state index contributed by atoms with van der Waals surface area (Å²) in [6.45, 7) is 4.54. The van der Waals surface area contributed by atoms with Crippen LogP contribution < -0.4 is 0 Å². The Morgan fingerprint density at radius 1 is 1.56 bits per heavy atom. The Morgan fingerprint density at radius 3 is 2.89 bits per heavy atom. The summed E-state index contributed by atoms with van der Waals surface area (Å²) in [4.78, 5) is 17.9. The summed E-state index contributed by atoms with van der Waals surface area (Å²) >= 11 is 0. The normalized spacial score (nSPS) is 9.83. The molecule has 0 spiro atoms. The van der Waals surface area contributed by atoms with Gasteiger partial charge in [-0.05, 0) is 18.1 Å². The summed E-state index contributed by atoms with van der Waals surface area (Å²) in [6.07, 6.45) is 1.57. The van der Waals surface area contributed by atoms with Crippen LogP contribution in [0, 0.1) is 17.8 Å². The van der Waals surface area contributed by atoms with Crippen molar-refractivity contribution in [1.29, 1.82) is 0 Å². The molecule has 1 aromatic rings. The summed E-state index contributed by atoms with van der Waals surface area (Å²) in [5.74, 6) is 5.53. The number of pyridine rings is 1. The molecule has 0 fully saturated rings. The van der Waals surface area contributed by atoms with Crippen LogP contribution in [0.5, 0.6) is 0 Å². The van der Waals surface area contributed by atoms with Gasteiger partial charge in [0, 0.05) is 19.8 Å². The van der Waals surface area contributed by atoms with Crippen LogP contribution in [0.2, 0.25) is 0 Å². The van der Waals surface area contributed by atoms with Crippen molar-refractivity contribution in [3.63, 3.8) is 0 Å². The number of aliphatic hydroxyl groups is 1. The number of carbonyl (C=O) groups excluding carboxylic acids is 1. The maximum atomic E-state index is 12.2. The lowest BCUT2D eigenvalue weighted by atomic mass is 10.1. The number of carbonyl (C=O) groups is 1. The lowest BCUT2D eigenvalue weighted by molar-refractivity contribution is 0.0773. The number of rotatable bonds is 3. The molecule has 18 heavy (non-hydrogen) atoms. The third-order valence-electron chi connectivity index (χ3n) is 2.30. The zero-order chi connectivity index (χ0) is 13.5. The van der Waals surface area contributed by atoms with Gasteiger partial charge in [-0.3, -0.25) is 4.79 Å². The Kier molecular flexibility index (Phi) is 5.34. The van der Waals surface area contributed by atoms with E-state index in [1.807, 2.05) is 0 Å². The zero-order valence-electron chi connectivity index (χ0n) is 11.0. The smallest absolute Gasteiger partial charge is 0.273 e. The molecule has 4 nitrogen and oxygen atoms in total. The van der Waals surface area contributed by atoms with Gasteiger partial charge in [0.15, 0.2) is 0 Å². The predicted molar refractivity (Wildman–Crippen MR) is 70.0 cm³/mol. The Balaban J connectivity index is 2.98. The van der Waals surface area contributed by atoms with E-state index in [4.69, 9.17) is 5.11 Å². The summed E-state index contributed by atoms with van der Waals surface area (Å²) in [5.41, 5.74) is 0.883. The van der Waals surface area contributed by atoms with Crippen LogP contribution in [0.4, 0.5) is 0 Å². The van der Waals surface area contributed by atoms with Crippen LogP contribution in [0.15, 0.2) is 18.3 Å². The van der Waals surface area contributed by atoms with Crippen molar-refractivity contribution >= 4 is 5.91 Å². The van der Waals surface area contributed by atoms with Gasteiger partial charge in [-0.25, -0.2) is 4.98 Å². The van der Waals surface area contributed by atoms with E-state index in [-0.39, 0.29) is 12.5 Å².